The van der Waals surface area contributed by atoms with Crippen LogP contribution in [0.2, 0.25) is 0 Å². The van der Waals surface area contributed by atoms with Crippen molar-refractivity contribution in [3.63, 3.8) is 0 Å². The fourth-order valence-corrected chi connectivity index (χ4v) is 3.17. The van der Waals surface area contributed by atoms with Gasteiger partial charge in [0, 0.05) is 17.9 Å². The number of carbonyl (C=O) groups is 2. The van der Waals surface area contributed by atoms with Crippen molar-refractivity contribution in [3.05, 3.63) is 47.3 Å². The Morgan fingerprint density at radius 3 is 2.45 bits per heavy atom. The number of aliphatic carboxylic acids is 1. The Morgan fingerprint density at radius 2 is 1.86 bits per heavy atom. The van der Waals surface area contributed by atoms with Gasteiger partial charge >= 0.3 is 5.97 Å². The van der Waals surface area contributed by atoms with Gasteiger partial charge in [0.15, 0.2) is 0 Å². The average molecular weight is 397 g/mol. The second-order valence-electron chi connectivity index (χ2n) is 8.54. The van der Waals surface area contributed by atoms with Gasteiger partial charge in [0.05, 0.1) is 0 Å². The third kappa shape index (κ3) is 5.80. The molecule has 0 saturated carbocycles. The molecule has 0 aliphatic rings. The van der Waals surface area contributed by atoms with Gasteiger partial charge in [-0.2, -0.15) is 0 Å². The van der Waals surface area contributed by atoms with Gasteiger partial charge in [-0.15, -0.1) is 11.8 Å². The molecule has 5 heteroatoms. The summed E-state index contributed by atoms with van der Waals surface area (Å²) in [5, 5.41) is 13.6. The quantitative estimate of drug-likeness (QED) is 0.712. The van der Waals surface area contributed by atoms with E-state index in [-0.39, 0.29) is 11.7 Å². The number of benzene rings is 2. The Bertz CT molecular complexity index is 977. The smallest absolute Gasteiger partial charge is 0.326 e. The van der Waals surface area contributed by atoms with Crippen molar-refractivity contribution in [3.8, 4) is 11.8 Å². The molecular weight excluding hydrogens is 369 g/mol. The Morgan fingerprint density at radius 1 is 1.17 bits per heavy atom. The molecule has 0 spiro atoms. The molecule has 0 unspecified atom stereocenters. The lowest BCUT2D eigenvalue weighted by molar-refractivity contribution is -0.142. The van der Waals surface area contributed by atoms with Gasteiger partial charge in [0.2, 0.25) is 0 Å². The number of carboxylic acid groups (broad SMARTS) is 1. The first-order valence-corrected chi connectivity index (χ1v) is 9.74. The van der Waals surface area contributed by atoms with Crippen molar-refractivity contribution in [2.75, 3.05) is 0 Å². The van der Waals surface area contributed by atoms with Crippen LogP contribution in [0.1, 0.15) is 57.0 Å². The van der Waals surface area contributed by atoms with E-state index in [2.05, 4.69) is 17.2 Å². The number of nitrogens with one attached hydrogen (secondary N) is 1. The molecule has 0 saturated heterocycles. The van der Waals surface area contributed by atoms with E-state index in [0.29, 0.717) is 23.8 Å². The first-order chi connectivity index (χ1) is 13.5. The van der Waals surface area contributed by atoms with Crippen molar-refractivity contribution in [2.45, 2.75) is 53.5 Å². The monoisotopic (exact) mass is 397 g/mol. The highest BCUT2D eigenvalue weighted by molar-refractivity contribution is 6.02. The number of carbonyl (C=O) groups excluding carboxylic acids is 1. The normalized spacial score (nSPS) is 12.4. The number of rotatable bonds is 5. The van der Waals surface area contributed by atoms with Gasteiger partial charge < -0.3 is 10.4 Å². The van der Waals surface area contributed by atoms with Crippen molar-refractivity contribution in [1.29, 1.82) is 0 Å². The van der Waals surface area contributed by atoms with E-state index in [9.17, 15) is 19.1 Å². The van der Waals surface area contributed by atoms with Crippen LogP contribution in [0.3, 0.4) is 0 Å². The van der Waals surface area contributed by atoms with Crippen LogP contribution in [0.5, 0.6) is 0 Å². The van der Waals surface area contributed by atoms with E-state index >= 15 is 0 Å². The predicted molar refractivity (Wildman–Crippen MR) is 113 cm³/mol. The molecule has 0 fully saturated rings. The molecule has 0 aliphatic heterocycles. The van der Waals surface area contributed by atoms with Crippen LogP contribution < -0.4 is 5.32 Å². The topological polar surface area (TPSA) is 66.4 Å². The third-order valence-corrected chi connectivity index (χ3v) is 4.62. The third-order valence-electron chi connectivity index (χ3n) is 4.62. The molecule has 154 valence electrons. The van der Waals surface area contributed by atoms with Crippen LogP contribution in [0.15, 0.2) is 30.3 Å². The lowest BCUT2D eigenvalue weighted by Gasteiger charge is -2.28. The van der Waals surface area contributed by atoms with Crippen molar-refractivity contribution in [1.82, 2.24) is 5.32 Å². The summed E-state index contributed by atoms with van der Waals surface area (Å²) in [5.74, 6) is 4.57. The zero-order chi connectivity index (χ0) is 21.8. The first kappa shape index (κ1) is 22.4. The minimum atomic E-state index is -1.09. The van der Waals surface area contributed by atoms with Crippen LogP contribution in [0.4, 0.5) is 4.39 Å². The molecule has 0 bridgehead atoms. The number of hydrogen-bond donors (Lipinski definition) is 2. The molecule has 2 aromatic rings. The zero-order valence-corrected chi connectivity index (χ0v) is 17.6. The lowest BCUT2D eigenvalue weighted by Crippen LogP contribution is -2.49. The number of fused-ring (bicyclic) bond motifs is 1. The standard InChI is InChI=1S/C24H28FNO3/c1-15(2)8-6-7-9-19-18-13-11-17(25)14-16(18)10-12-20(19)22(27)26-21(23(28)29)24(3,4)5/h10-15,21H,7,9H2,1-5H3,(H,26,27)(H,28,29)/t21-/m1/s1. The van der Waals surface area contributed by atoms with E-state index in [1.54, 1.807) is 39.0 Å². The van der Waals surface area contributed by atoms with Gasteiger partial charge in [-0.1, -0.05) is 46.8 Å². The summed E-state index contributed by atoms with van der Waals surface area (Å²) < 4.78 is 13.6. The Balaban J connectivity index is 2.47. The second kappa shape index (κ2) is 9.09. The van der Waals surface area contributed by atoms with Crippen LogP contribution >= 0.6 is 0 Å². The molecular formula is C24H28FNO3. The molecule has 2 aromatic carbocycles. The highest BCUT2D eigenvalue weighted by Crippen LogP contribution is 2.26. The van der Waals surface area contributed by atoms with Gasteiger partial charge in [0.1, 0.15) is 11.9 Å². The van der Waals surface area contributed by atoms with Crippen molar-refractivity contribution < 1.29 is 19.1 Å². The minimum absolute atomic E-state index is 0.252. The summed E-state index contributed by atoms with van der Waals surface area (Å²) in [6, 6.07) is 6.73. The van der Waals surface area contributed by atoms with Crippen LogP contribution in [0, 0.1) is 29.0 Å². The average Bonchev–Trinajstić information content (AvgIpc) is 2.61. The molecule has 0 heterocycles. The lowest BCUT2D eigenvalue weighted by atomic mass is 9.86. The number of hydrogen-bond acceptors (Lipinski definition) is 2. The Hall–Kier alpha value is -2.87. The van der Waals surface area contributed by atoms with E-state index in [1.165, 1.54) is 12.1 Å². The second-order valence-corrected chi connectivity index (χ2v) is 8.54. The molecule has 2 N–H and O–H groups in total. The Kier molecular flexibility index (Phi) is 7.02. The number of halogens is 1. The highest BCUT2D eigenvalue weighted by Gasteiger charge is 2.33. The van der Waals surface area contributed by atoms with Crippen LogP contribution in [-0.2, 0) is 11.2 Å². The molecule has 1 amide bonds. The summed E-state index contributed by atoms with van der Waals surface area (Å²) in [7, 11) is 0. The number of amides is 1. The predicted octanol–water partition coefficient (Wildman–Crippen LogP) is 4.80. The van der Waals surface area contributed by atoms with Gasteiger partial charge in [-0.25, -0.2) is 9.18 Å². The fraction of sp³-hybridized carbons (Fsp3) is 0.417. The van der Waals surface area contributed by atoms with E-state index in [1.807, 2.05) is 13.8 Å². The largest absolute Gasteiger partial charge is 0.480 e. The maximum Gasteiger partial charge on any atom is 0.326 e. The summed E-state index contributed by atoms with van der Waals surface area (Å²) in [4.78, 5) is 24.6. The molecule has 0 aromatic heterocycles. The summed E-state index contributed by atoms with van der Waals surface area (Å²) >= 11 is 0. The van der Waals surface area contributed by atoms with E-state index < -0.39 is 23.3 Å². The fourth-order valence-electron chi connectivity index (χ4n) is 3.17. The summed E-state index contributed by atoms with van der Waals surface area (Å²) in [6.45, 7) is 9.29. The molecule has 0 radical (unpaired) electrons. The molecule has 4 nitrogen and oxygen atoms in total. The molecule has 1 atom stereocenters. The van der Waals surface area contributed by atoms with Crippen LogP contribution in [-0.4, -0.2) is 23.0 Å². The minimum Gasteiger partial charge on any atom is -0.480 e. The molecule has 29 heavy (non-hydrogen) atoms. The Labute approximate surface area is 171 Å². The SMILES string of the molecule is CC(C)C#CCCc1c(C(=O)N[C@H](C(=O)O)C(C)(C)C)ccc2cc(F)ccc12. The number of aryl methyl sites for hydroxylation is 1. The highest BCUT2D eigenvalue weighted by atomic mass is 19.1. The van der Waals surface area contributed by atoms with Crippen molar-refractivity contribution in [2.24, 2.45) is 11.3 Å². The maximum absolute atomic E-state index is 13.6. The zero-order valence-electron chi connectivity index (χ0n) is 17.6. The van der Waals surface area contributed by atoms with Gasteiger partial charge in [0.25, 0.3) is 5.91 Å². The maximum atomic E-state index is 13.6. The molecule has 0 aliphatic carbocycles. The number of carboxylic acids is 1. The van der Waals surface area contributed by atoms with Gasteiger partial charge in [-0.3, -0.25) is 4.79 Å². The summed E-state index contributed by atoms with van der Waals surface area (Å²) in [5.41, 5.74) is 0.492. The molecule has 2 rings (SSSR count). The van der Waals surface area contributed by atoms with Gasteiger partial charge in [-0.05, 0) is 46.4 Å². The van der Waals surface area contributed by atoms with E-state index in [4.69, 9.17) is 0 Å². The first-order valence-electron chi connectivity index (χ1n) is 9.74. The van der Waals surface area contributed by atoms with Crippen molar-refractivity contribution >= 4 is 22.6 Å². The summed E-state index contributed by atoms with van der Waals surface area (Å²) in [6.07, 6.45) is 1.06. The van der Waals surface area contributed by atoms with Crippen LogP contribution in [0.25, 0.3) is 10.8 Å². The van der Waals surface area contributed by atoms with E-state index in [0.717, 1.165) is 10.9 Å².